The van der Waals surface area contributed by atoms with Gasteiger partial charge < -0.3 is 14.8 Å². The number of anilines is 1. The second-order valence-electron chi connectivity index (χ2n) is 8.26. The van der Waals surface area contributed by atoms with Crippen molar-refractivity contribution in [1.29, 1.82) is 0 Å². The van der Waals surface area contributed by atoms with Gasteiger partial charge in [-0.15, -0.1) is 0 Å². The van der Waals surface area contributed by atoms with Crippen LogP contribution in [0.15, 0.2) is 54.6 Å². The Morgan fingerprint density at radius 2 is 1.91 bits per heavy atom. The smallest absolute Gasteiger partial charge is 0.320 e. The zero-order valence-electron chi connectivity index (χ0n) is 18.2. The zero-order valence-corrected chi connectivity index (χ0v) is 18.2. The van der Waals surface area contributed by atoms with Crippen LogP contribution in [0.4, 0.5) is 10.6 Å². The lowest BCUT2D eigenvalue weighted by Gasteiger charge is -2.23. The molecule has 1 heterocycles. The number of urea groups is 1. The van der Waals surface area contributed by atoms with E-state index in [1.54, 1.807) is 7.11 Å². The van der Waals surface area contributed by atoms with Crippen molar-refractivity contribution >= 4 is 11.8 Å². The highest BCUT2D eigenvalue weighted by molar-refractivity contribution is 5.90. The van der Waals surface area contributed by atoms with Crippen molar-refractivity contribution in [2.24, 2.45) is 0 Å². The first-order valence-corrected chi connectivity index (χ1v) is 11.2. The molecule has 32 heavy (non-hydrogen) atoms. The van der Waals surface area contributed by atoms with E-state index in [0.717, 1.165) is 54.0 Å². The van der Waals surface area contributed by atoms with Crippen LogP contribution in [0, 0.1) is 0 Å². The number of aryl methyl sites for hydroxylation is 1. The summed E-state index contributed by atoms with van der Waals surface area (Å²) in [4.78, 5) is 13.2. The van der Waals surface area contributed by atoms with E-state index in [0.29, 0.717) is 13.2 Å². The van der Waals surface area contributed by atoms with Gasteiger partial charge in [0.2, 0.25) is 0 Å². The molecular weight excluding hydrogens is 404 g/mol. The minimum absolute atomic E-state index is 0.127. The van der Waals surface area contributed by atoms with E-state index in [9.17, 15) is 4.79 Å². The Morgan fingerprint density at radius 1 is 1.09 bits per heavy atom. The second-order valence-corrected chi connectivity index (χ2v) is 8.26. The van der Waals surface area contributed by atoms with Crippen molar-refractivity contribution in [3.63, 3.8) is 0 Å². The first kappa shape index (κ1) is 20.7. The van der Waals surface area contributed by atoms with Crippen molar-refractivity contribution in [1.82, 2.24) is 15.1 Å². The maximum atomic E-state index is 13.2. The molecule has 0 spiro atoms. The van der Waals surface area contributed by atoms with Crippen LogP contribution >= 0.6 is 0 Å². The minimum atomic E-state index is -0.251. The fraction of sp³-hybridized carbons (Fsp3) is 0.360. The predicted octanol–water partition coefficient (Wildman–Crippen LogP) is 3.81. The van der Waals surface area contributed by atoms with E-state index >= 15 is 0 Å². The summed E-state index contributed by atoms with van der Waals surface area (Å²) in [5.41, 5.74) is 5.44. The summed E-state index contributed by atoms with van der Waals surface area (Å²) >= 11 is 0. The number of fused-ring (bicyclic) bond motifs is 2. The molecule has 0 saturated heterocycles. The molecule has 7 nitrogen and oxygen atoms in total. The molecule has 2 amide bonds. The monoisotopic (exact) mass is 432 g/mol. The molecule has 2 aromatic carbocycles. The molecule has 2 atom stereocenters. The number of hydrogen-bond donors (Lipinski definition) is 2. The molecule has 5 rings (SSSR count). The second kappa shape index (κ2) is 9.14. The van der Waals surface area contributed by atoms with E-state index in [-0.39, 0.29) is 18.2 Å². The van der Waals surface area contributed by atoms with Crippen LogP contribution in [0.2, 0.25) is 0 Å². The molecule has 2 N–H and O–H groups in total. The SMILES string of the molecule is COCCOC1Cc2ccccc2C1NC(=O)Nc1c2c(nn1-c1ccccc1)CCC2. The van der Waals surface area contributed by atoms with Gasteiger partial charge >= 0.3 is 6.03 Å². The van der Waals surface area contributed by atoms with Gasteiger partial charge in [-0.1, -0.05) is 42.5 Å². The average Bonchev–Trinajstić information content (AvgIpc) is 3.50. The molecule has 0 aliphatic heterocycles. The molecule has 7 heteroatoms. The van der Waals surface area contributed by atoms with Gasteiger partial charge in [0, 0.05) is 19.1 Å². The summed E-state index contributed by atoms with van der Waals surface area (Å²) in [5.74, 6) is 0.754. The number of ether oxygens (including phenoxy) is 2. The predicted molar refractivity (Wildman–Crippen MR) is 122 cm³/mol. The number of hydrogen-bond acceptors (Lipinski definition) is 4. The van der Waals surface area contributed by atoms with Gasteiger partial charge in [0.05, 0.1) is 36.7 Å². The van der Waals surface area contributed by atoms with Crippen molar-refractivity contribution in [2.45, 2.75) is 37.8 Å². The third-order valence-electron chi connectivity index (χ3n) is 6.23. The number of rotatable bonds is 7. The third kappa shape index (κ3) is 4.01. The van der Waals surface area contributed by atoms with Crippen molar-refractivity contribution < 1.29 is 14.3 Å². The number of methoxy groups -OCH3 is 1. The van der Waals surface area contributed by atoms with Crippen LogP contribution in [0.5, 0.6) is 0 Å². The van der Waals surface area contributed by atoms with Crippen LogP contribution in [-0.2, 0) is 28.7 Å². The Labute approximate surface area is 187 Å². The van der Waals surface area contributed by atoms with E-state index in [2.05, 4.69) is 22.8 Å². The molecule has 2 aliphatic carbocycles. The molecule has 0 radical (unpaired) electrons. The fourth-order valence-corrected chi connectivity index (χ4v) is 4.73. The standard InChI is InChI=1S/C25H28N4O3/c1-31-14-15-32-22-16-17-8-5-6-11-19(17)23(22)26-25(30)27-24-20-12-7-13-21(20)28-29(24)18-9-3-2-4-10-18/h2-6,8-11,22-23H,7,12-16H2,1H3,(H2,26,27,30). The Balaban J connectivity index is 1.37. The summed E-state index contributed by atoms with van der Waals surface area (Å²) in [6.07, 6.45) is 3.57. The maximum absolute atomic E-state index is 13.2. The number of nitrogens with one attached hydrogen (secondary N) is 2. The van der Waals surface area contributed by atoms with Crippen LogP contribution in [0.1, 0.15) is 34.8 Å². The lowest BCUT2D eigenvalue weighted by atomic mass is 10.1. The normalized spacial score (nSPS) is 18.9. The molecule has 2 aliphatic rings. The molecule has 2 unspecified atom stereocenters. The van der Waals surface area contributed by atoms with Gasteiger partial charge in [-0.25, -0.2) is 9.48 Å². The first-order chi connectivity index (χ1) is 15.7. The molecule has 0 bridgehead atoms. The number of amides is 2. The van der Waals surface area contributed by atoms with Crippen LogP contribution in [0.3, 0.4) is 0 Å². The molecule has 166 valence electrons. The van der Waals surface area contributed by atoms with Crippen LogP contribution in [-0.4, -0.2) is 42.2 Å². The highest BCUT2D eigenvalue weighted by Crippen LogP contribution is 2.34. The number of carbonyl (C=O) groups excluding carboxylic acids is 1. The van der Waals surface area contributed by atoms with Gasteiger partial charge in [0.15, 0.2) is 0 Å². The van der Waals surface area contributed by atoms with Gasteiger partial charge in [-0.2, -0.15) is 5.10 Å². The first-order valence-electron chi connectivity index (χ1n) is 11.2. The highest BCUT2D eigenvalue weighted by Gasteiger charge is 2.34. The molecular formula is C25H28N4O3. The highest BCUT2D eigenvalue weighted by atomic mass is 16.5. The fourth-order valence-electron chi connectivity index (χ4n) is 4.73. The number of para-hydroxylation sites is 1. The van der Waals surface area contributed by atoms with Gasteiger partial charge in [-0.05, 0) is 42.5 Å². The topological polar surface area (TPSA) is 77.4 Å². The van der Waals surface area contributed by atoms with E-state index in [4.69, 9.17) is 14.6 Å². The van der Waals surface area contributed by atoms with Gasteiger partial charge in [-0.3, -0.25) is 5.32 Å². The van der Waals surface area contributed by atoms with E-state index < -0.39 is 0 Å². The molecule has 0 fully saturated rings. The number of aromatic nitrogens is 2. The molecule has 1 aromatic heterocycles. The summed E-state index contributed by atoms with van der Waals surface area (Å²) in [6.45, 7) is 1.01. The average molecular weight is 433 g/mol. The van der Waals surface area contributed by atoms with Crippen LogP contribution < -0.4 is 10.6 Å². The van der Waals surface area contributed by atoms with Crippen molar-refractivity contribution in [3.8, 4) is 5.69 Å². The quantitative estimate of drug-likeness (QED) is 0.557. The minimum Gasteiger partial charge on any atom is -0.382 e. The maximum Gasteiger partial charge on any atom is 0.320 e. The number of benzene rings is 2. The van der Waals surface area contributed by atoms with Crippen molar-refractivity contribution in [3.05, 3.63) is 77.0 Å². The summed E-state index contributed by atoms with van der Waals surface area (Å²) in [5, 5.41) is 11.1. The summed E-state index contributed by atoms with van der Waals surface area (Å²) < 4.78 is 13.0. The van der Waals surface area contributed by atoms with Crippen LogP contribution in [0.25, 0.3) is 5.69 Å². The lowest BCUT2D eigenvalue weighted by Crippen LogP contribution is -2.38. The van der Waals surface area contributed by atoms with Gasteiger partial charge in [0.1, 0.15) is 5.82 Å². The van der Waals surface area contributed by atoms with Gasteiger partial charge in [0.25, 0.3) is 0 Å². The third-order valence-corrected chi connectivity index (χ3v) is 6.23. The Hall–Kier alpha value is -3.16. The Kier molecular flexibility index (Phi) is 5.92. The Morgan fingerprint density at radius 3 is 2.75 bits per heavy atom. The molecule has 0 saturated carbocycles. The number of carbonyl (C=O) groups is 1. The summed E-state index contributed by atoms with van der Waals surface area (Å²) in [7, 11) is 1.66. The number of nitrogens with zero attached hydrogens (tertiary/aromatic N) is 2. The molecule has 3 aromatic rings. The van der Waals surface area contributed by atoms with E-state index in [1.807, 2.05) is 47.1 Å². The summed E-state index contributed by atoms with van der Waals surface area (Å²) in [6, 6.07) is 17.6. The largest absolute Gasteiger partial charge is 0.382 e. The Bertz CT molecular complexity index is 1100. The van der Waals surface area contributed by atoms with E-state index in [1.165, 1.54) is 5.56 Å². The zero-order chi connectivity index (χ0) is 21.9. The lowest BCUT2D eigenvalue weighted by molar-refractivity contribution is 0.00643. The van der Waals surface area contributed by atoms with Crippen molar-refractivity contribution in [2.75, 3.05) is 25.6 Å².